The van der Waals surface area contributed by atoms with E-state index < -0.39 is 5.60 Å². The van der Waals surface area contributed by atoms with Crippen molar-refractivity contribution in [1.82, 2.24) is 0 Å². The van der Waals surface area contributed by atoms with Crippen LogP contribution in [0.1, 0.15) is 59.3 Å². The zero-order valence-electron chi connectivity index (χ0n) is 9.34. The van der Waals surface area contributed by atoms with Crippen LogP contribution in [0.5, 0.6) is 0 Å². The van der Waals surface area contributed by atoms with Gasteiger partial charge in [-0.25, -0.2) is 0 Å². The summed E-state index contributed by atoms with van der Waals surface area (Å²) < 4.78 is 0. The van der Waals surface area contributed by atoms with Crippen LogP contribution in [0.2, 0.25) is 0 Å². The summed E-state index contributed by atoms with van der Waals surface area (Å²) in [7, 11) is 0. The highest BCUT2D eigenvalue weighted by molar-refractivity contribution is 4.87. The molecule has 1 heteroatoms. The lowest BCUT2D eigenvalue weighted by atomic mass is 9.69. The van der Waals surface area contributed by atoms with Crippen LogP contribution in [0.3, 0.4) is 0 Å². The standard InChI is InChI=1S/C12H24O/c1-4-10-8-6-7-9-11(10)12(3,13)5-2/h10-11,13H,4-9H2,1-3H3. The lowest BCUT2D eigenvalue weighted by Crippen LogP contribution is -2.40. The third-order valence-electron chi connectivity index (χ3n) is 3.95. The van der Waals surface area contributed by atoms with Crippen molar-refractivity contribution in [2.45, 2.75) is 64.9 Å². The normalized spacial score (nSPS) is 34.2. The van der Waals surface area contributed by atoms with Gasteiger partial charge in [0.1, 0.15) is 0 Å². The van der Waals surface area contributed by atoms with Gasteiger partial charge in [-0.1, -0.05) is 39.5 Å². The Morgan fingerprint density at radius 1 is 1.23 bits per heavy atom. The quantitative estimate of drug-likeness (QED) is 0.713. The summed E-state index contributed by atoms with van der Waals surface area (Å²) in [5, 5.41) is 10.2. The van der Waals surface area contributed by atoms with Gasteiger partial charge in [0, 0.05) is 0 Å². The van der Waals surface area contributed by atoms with Crippen molar-refractivity contribution < 1.29 is 5.11 Å². The molecule has 78 valence electrons. The van der Waals surface area contributed by atoms with Gasteiger partial charge < -0.3 is 5.11 Å². The van der Waals surface area contributed by atoms with E-state index in [1.807, 2.05) is 6.92 Å². The molecule has 1 rings (SSSR count). The fourth-order valence-electron chi connectivity index (χ4n) is 2.78. The SMILES string of the molecule is CCC1CCCCC1C(C)(O)CC. The summed E-state index contributed by atoms with van der Waals surface area (Å²) in [6.45, 7) is 6.38. The summed E-state index contributed by atoms with van der Waals surface area (Å²) in [6.07, 6.45) is 7.39. The lowest BCUT2D eigenvalue weighted by molar-refractivity contribution is -0.0461. The van der Waals surface area contributed by atoms with E-state index in [0.29, 0.717) is 5.92 Å². The monoisotopic (exact) mass is 184 g/mol. The van der Waals surface area contributed by atoms with Crippen molar-refractivity contribution in [3.63, 3.8) is 0 Å². The molecule has 0 aromatic rings. The second-order valence-corrected chi connectivity index (χ2v) is 4.77. The first kappa shape index (κ1) is 11.0. The number of rotatable bonds is 3. The molecule has 1 saturated carbocycles. The topological polar surface area (TPSA) is 20.2 Å². The molecule has 1 aliphatic carbocycles. The summed E-state index contributed by atoms with van der Waals surface area (Å²) in [5.41, 5.74) is -0.416. The first-order valence-corrected chi connectivity index (χ1v) is 5.84. The second kappa shape index (κ2) is 4.45. The number of aliphatic hydroxyl groups is 1. The maximum Gasteiger partial charge on any atom is 0.0647 e. The van der Waals surface area contributed by atoms with Gasteiger partial charge in [0.2, 0.25) is 0 Å². The zero-order valence-corrected chi connectivity index (χ0v) is 9.34. The van der Waals surface area contributed by atoms with Gasteiger partial charge in [0.05, 0.1) is 5.60 Å². The maximum atomic E-state index is 10.2. The molecule has 0 amide bonds. The van der Waals surface area contributed by atoms with Gasteiger partial charge in [-0.05, 0) is 31.6 Å². The Morgan fingerprint density at radius 2 is 1.85 bits per heavy atom. The molecule has 0 bridgehead atoms. The molecule has 1 fully saturated rings. The minimum atomic E-state index is -0.416. The molecule has 3 unspecified atom stereocenters. The Balaban J connectivity index is 2.63. The predicted octanol–water partition coefficient (Wildman–Crippen LogP) is 3.36. The van der Waals surface area contributed by atoms with E-state index in [4.69, 9.17) is 0 Å². The lowest BCUT2D eigenvalue weighted by Gasteiger charge is -2.40. The first-order chi connectivity index (χ1) is 6.11. The summed E-state index contributed by atoms with van der Waals surface area (Å²) >= 11 is 0. The molecule has 1 aliphatic rings. The molecule has 1 nitrogen and oxygen atoms in total. The third-order valence-corrected chi connectivity index (χ3v) is 3.95. The van der Waals surface area contributed by atoms with Gasteiger partial charge in [0.15, 0.2) is 0 Å². The van der Waals surface area contributed by atoms with Crippen LogP contribution in [-0.4, -0.2) is 10.7 Å². The van der Waals surface area contributed by atoms with Crippen LogP contribution >= 0.6 is 0 Å². The molecular formula is C12H24O. The molecule has 3 atom stereocenters. The molecule has 0 aromatic carbocycles. The fourth-order valence-corrected chi connectivity index (χ4v) is 2.78. The largest absolute Gasteiger partial charge is 0.390 e. The van der Waals surface area contributed by atoms with Crippen LogP contribution in [0.15, 0.2) is 0 Å². The van der Waals surface area contributed by atoms with Gasteiger partial charge in [-0.2, -0.15) is 0 Å². The fraction of sp³-hybridized carbons (Fsp3) is 1.00. The molecule has 13 heavy (non-hydrogen) atoms. The van der Waals surface area contributed by atoms with Crippen molar-refractivity contribution >= 4 is 0 Å². The number of hydrogen-bond acceptors (Lipinski definition) is 1. The van der Waals surface area contributed by atoms with Crippen LogP contribution < -0.4 is 0 Å². The molecule has 0 spiro atoms. The molecule has 0 radical (unpaired) electrons. The first-order valence-electron chi connectivity index (χ1n) is 5.84. The Labute approximate surface area is 82.5 Å². The Kier molecular flexibility index (Phi) is 3.78. The maximum absolute atomic E-state index is 10.2. The van der Waals surface area contributed by atoms with E-state index in [1.54, 1.807) is 0 Å². The summed E-state index contributed by atoms with van der Waals surface area (Å²) in [5.74, 6) is 1.32. The molecule has 0 saturated heterocycles. The minimum absolute atomic E-state index is 0.416. The van der Waals surface area contributed by atoms with Crippen LogP contribution in [0, 0.1) is 11.8 Å². The van der Waals surface area contributed by atoms with E-state index in [9.17, 15) is 5.11 Å². The van der Waals surface area contributed by atoms with Gasteiger partial charge in [0.25, 0.3) is 0 Å². The van der Waals surface area contributed by atoms with Gasteiger partial charge in [-0.3, -0.25) is 0 Å². The third kappa shape index (κ3) is 2.46. The van der Waals surface area contributed by atoms with E-state index in [-0.39, 0.29) is 0 Å². The zero-order chi connectivity index (χ0) is 9.90. The Bertz CT molecular complexity index is 151. The molecular weight excluding hydrogens is 160 g/mol. The predicted molar refractivity (Wildman–Crippen MR) is 56.7 cm³/mol. The second-order valence-electron chi connectivity index (χ2n) is 4.77. The van der Waals surface area contributed by atoms with Gasteiger partial charge in [-0.15, -0.1) is 0 Å². The summed E-state index contributed by atoms with van der Waals surface area (Å²) in [6, 6.07) is 0. The van der Waals surface area contributed by atoms with Crippen molar-refractivity contribution in [2.24, 2.45) is 11.8 Å². The highest BCUT2D eigenvalue weighted by Crippen LogP contribution is 2.40. The minimum Gasteiger partial charge on any atom is -0.390 e. The molecule has 0 heterocycles. The smallest absolute Gasteiger partial charge is 0.0647 e. The van der Waals surface area contributed by atoms with E-state index in [0.717, 1.165) is 12.3 Å². The average Bonchev–Trinajstić information content (AvgIpc) is 2.18. The average molecular weight is 184 g/mol. The molecule has 1 N–H and O–H groups in total. The summed E-state index contributed by atoms with van der Waals surface area (Å²) in [4.78, 5) is 0. The van der Waals surface area contributed by atoms with E-state index >= 15 is 0 Å². The van der Waals surface area contributed by atoms with Crippen molar-refractivity contribution in [1.29, 1.82) is 0 Å². The van der Waals surface area contributed by atoms with Crippen LogP contribution in [-0.2, 0) is 0 Å². The van der Waals surface area contributed by atoms with Crippen molar-refractivity contribution in [3.05, 3.63) is 0 Å². The highest BCUT2D eigenvalue weighted by Gasteiger charge is 2.36. The van der Waals surface area contributed by atoms with Crippen LogP contribution in [0.25, 0.3) is 0 Å². The van der Waals surface area contributed by atoms with Gasteiger partial charge >= 0.3 is 0 Å². The number of hydrogen-bond donors (Lipinski definition) is 1. The Hall–Kier alpha value is -0.0400. The van der Waals surface area contributed by atoms with Crippen molar-refractivity contribution in [3.8, 4) is 0 Å². The molecule has 0 aliphatic heterocycles. The highest BCUT2D eigenvalue weighted by atomic mass is 16.3. The van der Waals surface area contributed by atoms with E-state index in [1.165, 1.54) is 32.1 Å². The van der Waals surface area contributed by atoms with E-state index in [2.05, 4.69) is 13.8 Å². The van der Waals surface area contributed by atoms with Crippen LogP contribution in [0.4, 0.5) is 0 Å². The Morgan fingerprint density at radius 3 is 2.38 bits per heavy atom. The van der Waals surface area contributed by atoms with Crippen molar-refractivity contribution in [2.75, 3.05) is 0 Å². The molecule has 0 aromatic heterocycles.